The van der Waals surface area contributed by atoms with Crippen LogP contribution in [-0.2, 0) is 14.3 Å². The number of carbonyl (C=O) groups excluding carboxylic acids is 2. The maximum Gasteiger partial charge on any atom is 0.347 e. The topological polar surface area (TPSA) is 65.7 Å². The van der Waals surface area contributed by atoms with Gasteiger partial charge in [0.05, 0.1) is 25.0 Å². The van der Waals surface area contributed by atoms with Gasteiger partial charge in [-0.25, -0.2) is 4.79 Å². The Bertz CT molecular complexity index is 474. The van der Waals surface area contributed by atoms with Crippen molar-refractivity contribution < 1.29 is 23.5 Å². The van der Waals surface area contributed by atoms with Gasteiger partial charge in [-0.1, -0.05) is 6.58 Å². The number of Topliss-reactive ketones (excluding diaryl/α,β-unsaturated/α-hetero) is 1. The summed E-state index contributed by atoms with van der Waals surface area (Å²) in [6, 6.07) is 1.49. The zero-order valence-corrected chi connectivity index (χ0v) is 10.1. The number of furan rings is 1. The van der Waals surface area contributed by atoms with Gasteiger partial charge in [0.1, 0.15) is 6.26 Å². The van der Waals surface area contributed by atoms with Crippen LogP contribution in [0.15, 0.2) is 35.2 Å². The summed E-state index contributed by atoms with van der Waals surface area (Å²) < 4.78 is 15.2. The molecule has 18 heavy (non-hydrogen) atoms. The van der Waals surface area contributed by atoms with Gasteiger partial charge >= 0.3 is 5.97 Å². The normalized spacial score (nSPS) is 23.1. The van der Waals surface area contributed by atoms with Gasteiger partial charge in [0.15, 0.2) is 0 Å². The van der Waals surface area contributed by atoms with E-state index in [-0.39, 0.29) is 25.2 Å². The van der Waals surface area contributed by atoms with E-state index in [0.29, 0.717) is 5.57 Å². The van der Waals surface area contributed by atoms with E-state index < -0.39 is 17.4 Å². The van der Waals surface area contributed by atoms with Crippen LogP contribution in [0, 0.1) is 0 Å². The number of ether oxygens (including phenoxy) is 2. The SMILES string of the molecule is C=C1COC(C(=O)OCC)(C(=O)c2ccoc2)C1. The number of carbonyl (C=O) groups is 2. The van der Waals surface area contributed by atoms with Crippen molar-refractivity contribution >= 4 is 11.8 Å². The maximum absolute atomic E-state index is 12.4. The van der Waals surface area contributed by atoms with Crippen molar-refractivity contribution in [3.8, 4) is 0 Å². The summed E-state index contributed by atoms with van der Waals surface area (Å²) in [6.45, 7) is 5.80. The van der Waals surface area contributed by atoms with Crippen molar-refractivity contribution in [3.05, 3.63) is 36.3 Å². The Morgan fingerprint density at radius 2 is 2.33 bits per heavy atom. The third-order valence-electron chi connectivity index (χ3n) is 2.78. The van der Waals surface area contributed by atoms with Crippen molar-refractivity contribution in [1.29, 1.82) is 0 Å². The van der Waals surface area contributed by atoms with Crippen LogP contribution in [0.2, 0.25) is 0 Å². The summed E-state index contributed by atoms with van der Waals surface area (Å²) in [5, 5.41) is 0. The van der Waals surface area contributed by atoms with Gasteiger partial charge in [-0.2, -0.15) is 0 Å². The summed E-state index contributed by atoms with van der Waals surface area (Å²) in [4.78, 5) is 24.4. The van der Waals surface area contributed by atoms with E-state index in [0.717, 1.165) is 0 Å². The number of rotatable bonds is 4. The third kappa shape index (κ3) is 1.97. The molecule has 1 atom stereocenters. The van der Waals surface area contributed by atoms with E-state index in [9.17, 15) is 9.59 Å². The first kappa shape index (κ1) is 12.6. The average molecular weight is 250 g/mol. The molecule has 1 aromatic heterocycles. The highest BCUT2D eigenvalue weighted by atomic mass is 16.6. The fraction of sp³-hybridized carbons (Fsp3) is 0.385. The van der Waals surface area contributed by atoms with Crippen molar-refractivity contribution in [1.82, 2.24) is 0 Å². The standard InChI is InChI=1S/C13H14O5/c1-3-17-12(15)13(6-9(2)7-18-13)11(14)10-4-5-16-8-10/h4-5,8H,2-3,6-7H2,1H3. The minimum Gasteiger partial charge on any atom is -0.472 e. The van der Waals surface area contributed by atoms with E-state index in [4.69, 9.17) is 13.9 Å². The maximum atomic E-state index is 12.4. The highest BCUT2D eigenvalue weighted by Gasteiger charge is 2.52. The van der Waals surface area contributed by atoms with E-state index >= 15 is 0 Å². The van der Waals surface area contributed by atoms with Gasteiger partial charge in [0.2, 0.25) is 11.4 Å². The van der Waals surface area contributed by atoms with E-state index in [1.165, 1.54) is 18.6 Å². The molecule has 0 amide bonds. The lowest BCUT2D eigenvalue weighted by Crippen LogP contribution is -2.47. The second-order valence-corrected chi connectivity index (χ2v) is 4.10. The molecule has 1 aliphatic rings. The van der Waals surface area contributed by atoms with Gasteiger partial charge in [0.25, 0.3) is 0 Å². The Labute approximate surface area is 104 Å². The summed E-state index contributed by atoms with van der Waals surface area (Å²) in [5.41, 5.74) is -0.616. The van der Waals surface area contributed by atoms with Crippen molar-refractivity contribution in [3.63, 3.8) is 0 Å². The number of ketones is 1. The van der Waals surface area contributed by atoms with Gasteiger partial charge in [0, 0.05) is 6.42 Å². The predicted octanol–water partition coefficient (Wildman–Crippen LogP) is 1.74. The molecular weight excluding hydrogens is 236 g/mol. The summed E-state index contributed by atoms with van der Waals surface area (Å²) in [5.74, 6) is -1.12. The van der Waals surface area contributed by atoms with Crippen LogP contribution >= 0.6 is 0 Å². The first-order chi connectivity index (χ1) is 8.60. The van der Waals surface area contributed by atoms with Crippen molar-refractivity contribution in [2.45, 2.75) is 18.9 Å². The molecule has 1 unspecified atom stereocenters. The molecule has 2 rings (SSSR count). The molecule has 0 bridgehead atoms. The molecule has 1 aliphatic heterocycles. The molecule has 0 N–H and O–H groups in total. The molecule has 5 heteroatoms. The largest absolute Gasteiger partial charge is 0.472 e. The minimum absolute atomic E-state index is 0.149. The fourth-order valence-corrected chi connectivity index (χ4v) is 1.92. The Morgan fingerprint density at radius 3 is 2.83 bits per heavy atom. The van der Waals surface area contributed by atoms with Gasteiger partial charge in [-0.3, -0.25) is 4.79 Å². The lowest BCUT2D eigenvalue weighted by Gasteiger charge is -2.23. The van der Waals surface area contributed by atoms with Crippen LogP contribution in [0.1, 0.15) is 23.7 Å². The molecule has 0 aromatic carbocycles. The number of esters is 1. The zero-order chi connectivity index (χ0) is 13.2. The monoisotopic (exact) mass is 250 g/mol. The molecule has 0 aliphatic carbocycles. The van der Waals surface area contributed by atoms with Crippen molar-refractivity contribution in [2.24, 2.45) is 0 Å². The molecule has 1 fully saturated rings. The molecule has 5 nitrogen and oxygen atoms in total. The molecule has 2 heterocycles. The molecular formula is C13H14O5. The van der Waals surface area contributed by atoms with Gasteiger partial charge < -0.3 is 13.9 Å². The fourth-order valence-electron chi connectivity index (χ4n) is 1.92. The van der Waals surface area contributed by atoms with E-state index in [2.05, 4.69) is 6.58 Å². The smallest absolute Gasteiger partial charge is 0.347 e. The summed E-state index contributed by atoms with van der Waals surface area (Å²) in [7, 11) is 0. The minimum atomic E-state index is -1.60. The third-order valence-corrected chi connectivity index (χ3v) is 2.78. The first-order valence-electron chi connectivity index (χ1n) is 5.65. The van der Waals surface area contributed by atoms with Crippen LogP contribution in [0.5, 0.6) is 0 Å². The molecule has 96 valence electrons. The molecule has 0 saturated carbocycles. The highest BCUT2D eigenvalue weighted by molar-refractivity contribution is 6.16. The van der Waals surface area contributed by atoms with Gasteiger partial charge in [-0.05, 0) is 18.6 Å². The predicted molar refractivity (Wildman–Crippen MR) is 62.1 cm³/mol. The average Bonchev–Trinajstić information content (AvgIpc) is 2.98. The van der Waals surface area contributed by atoms with Gasteiger partial charge in [-0.15, -0.1) is 0 Å². The molecule has 0 radical (unpaired) electrons. The second-order valence-electron chi connectivity index (χ2n) is 4.10. The number of hydrogen-bond acceptors (Lipinski definition) is 5. The first-order valence-corrected chi connectivity index (χ1v) is 5.65. The van der Waals surface area contributed by atoms with Crippen LogP contribution in [0.25, 0.3) is 0 Å². The van der Waals surface area contributed by atoms with E-state index in [1.54, 1.807) is 6.92 Å². The Hall–Kier alpha value is -1.88. The lowest BCUT2D eigenvalue weighted by molar-refractivity contribution is -0.160. The zero-order valence-electron chi connectivity index (χ0n) is 10.1. The Morgan fingerprint density at radius 1 is 1.56 bits per heavy atom. The quantitative estimate of drug-likeness (QED) is 0.352. The summed E-state index contributed by atoms with van der Waals surface area (Å²) >= 11 is 0. The van der Waals surface area contributed by atoms with Crippen LogP contribution < -0.4 is 0 Å². The van der Waals surface area contributed by atoms with Crippen LogP contribution in [0.4, 0.5) is 0 Å². The lowest BCUT2D eigenvalue weighted by atomic mass is 9.90. The van der Waals surface area contributed by atoms with Crippen LogP contribution in [0.3, 0.4) is 0 Å². The van der Waals surface area contributed by atoms with E-state index in [1.807, 2.05) is 0 Å². The second kappa shape index (κ2) is 4.78. The highest BCUT2D eigenvalue weighted by Crippen LogP contribution is 2.33. The van der Waals surface area contributed by atoms with Crippen LogP contribution in [-0.4, -0.2) is 30.6 Å². The molecule has 1 saturated heterocycles. The molecule has 0 spiro atoms. The Kier molecular flexibility index (Phi) is 3.34. The van der Waals surface area contributed by atoms with Crippen molar-refractivity contribution in [2.75, 3.05) is 13.2 Å². The Balaban J connectivity index is 2.34. The molecule has 1 aromatic rings. The number of hydrogen-bond donors (Lipinski definition) is 0. The summed E-state index contributed by atoms with van der Waals surface area (Å²) in [6.07, 6.45) is 2.81.